The molecule has 216 valence electrons. The molecule has 1 aliphatic carbocycles. The minimum atomic E-state index is -4.45. The van der Waals surface area contributed by atoms with E-state index in [0.717, 1.165) is 24.5 Å². The third kappa shape index (κ3) is 6.38. The van der Waals surface area contributed by atoms with Crippen molar-refractivity contribution in [1.82, 2.24) is 9.80 Å². The van der Waals surface area contributed by atoms with E-state index in [1.54, 1.807) is 0 Å². The van der Waals surface area contributed by atoms with Crippen LogP contribution in [0.1, 0.15) is 71.5 Å². The van der Waals surface area contributed by atoms with E-state index in [9.17, 15) is 27.9 Å². The number of alkyl halides is 3. The molecular weight excluding hydrogens is 552 g/mol. The smallest absolute Gasteiger partial charge is 0.416 e. The Hall–Kier alpha value is -2.85. The molecule has 40 heavy (non-hydrogen) atoms. The van der Waals surface area contributed by atoms with Crippen molar-refractivity contribution < 1.29 is 37.0 Å². The van der Waals surface area contributed by atoms with Crippen LogP contribution < -0.4 is 4.74 Å². The van der Waals surface area contributed by atoms with Crippen molar-refractivity contribution in [2.75, 3.05) is 26.2 Å². The minimum Gasteiger partial charge on any atom is -0.493 e. The van der Waals surface area contributed by atoms with Crippen LogP contribution in [0.25, 0.3) is 0 Å². The summed E-state index contributed by atoms with van der Waals surface area (Å²) < 4.78 is 61.5. The lowest BCUT2D eigenvalue weighted by Gasteiger charge is -2.32. The molecule has 6 nitrogen and oxygen atoms in total. The first-order valence-electron chi connectivity index (χ1n) is 13.6. The van der Waals surface area contributed by atoms with Gasteiger partial charge in [-0.2, -0.15) is 13.2 Å². The van der Waals surface area contributed by atoms with Gasteiger partial charge in [0.15, 0.2) is 0 Å². The van der Waals surface area contributed by atoms with E-state index in [4.69, 9.17) is 16.3 Å². The zero-order chi connectivity index (χ0) is 28.6. The summed E-state index contributed by atoms with van der Waals surface area (Å²) in [6, 6.07) is 5.44. The Kier molecular flexibility index (Phi) is 8.29. The van der Waals surface area contributed by atoms with Crippen molar-refractivity contribution in [2.24, 2.45) is 5.92 Å². The van der Waals surface area contributed by atoms with Gasteiger partial charge in [0.25, 0.3) is 5.91 Å². The highest BCUT2D eigenvalue weighted by Crippen LogP contribution is 2.45. The standard InChI is InChI=1S/C29H31ClF4N2O4/c30-20-5-6-23(29(32,33)34)19(12-20)15-35-10-7-17(8-11-35)16-40-26-14-24(31)22(13-21(26)18-3-4-18)27(37)36-9-1-2-25(36)28(38)39/h5-6,12-14,17-18,25H,1-4,7-11,15-16H2,(H,38,39)/t25-/m0/s1. The Morgan fingerprint density at radius 1 is 1.02 bits per heavy atom. The zero-order valence-corrected chi connectivity index (χ0v) is 22.6. The number of hydrogen-bond donors (Lipinski definition) is 1. The van der Waals surface area contributed by atoms with Crippen molar-refractivity contribution in [2.45, 2.75) is 63.2 Å². The van der Waals surface area contributed by atoms with Gasteiger partial charge in [0.2, 0.25) is 0 Å². The van der Waals surface area contributed by atoms with Crippen LogP contribution >= 0.6 is 11.6 Å². The number of nitrogens with zero attached hydrogens (tertiary/aromatic N) is 2. The highest BCUT2D eigenvalue weighted by molar-refractivity contribution is 6.30. The first kappa shape index (κ1) is 28.7. The van der Waals surface area contributed by atoms with Crippen LogP contribution in [0.3, 0.4) is 0 Å². The lowest BCUT2D eigenvalue weighted by Crippen LogP contribution is -2.40. The lowest BCUT2D eigenvalue weighted by molar-refractivity contribution is -0.141. The molecule has 11 heteroatoms. The molecule has 1 atom stereocenters. The Morgan fingerprint density at radius 3 is 2.40 bits per heavy atom. The van der Waals surface area contributed by atoms with E-state index in [-0.39, 0.29) is 41.1 Å². The summed E-state index contributed by atoms with van der Waals surface area (Å²) in [4.78, 5) is 27.8. The number of carbonyl (C=O) groups is 2. The summed E-state index contributed by atoms with van der Waals surface area (Å²) in [7, 11) is 0. The molecule has 2 saturated heterocycles. The number of ether oxygens (including phenoxy) is 1. The van der Waals surface area contributed by atoms with E-state index < -0.39 is 35.5 Å². The number of piperidine rings is 1. The molecule has 2 aliphatic heterocycles. The highest BCUT2D eigenvalue weighted by Gasteiger charge is 2.37. The molecular formula is C29H31ClF4N2O4. The van der Waals surface area contributed by atoms with Crippen molar-refractivity contribution in [3.63, 3.8) is 0 Å². The second-order valence-corrected chi connectivity index (χ2v) is 11.4. The van der Waals surface area contributed by atoms with E-state index in [1.807, 2.05) is 4.90 Å². The van der Waals surface area contributed by atoms with Gasteiger partial charge in [0.1, 0.15) is 17.6 Å². The summed E-state index contributed by atoms with van der Waals surface area (Å²) in [5.74, 6) is -1.74. The van der Waals surface area contributed by atoms with Crippen molar-refractivity contribution in [3.05, 3.63) is 63.4 Å². The van der Waals surface area contributed by atoms with Crippen LogP contribution in [0, 0.1) is 11.7 Å². The van der Waals surface area contributed by atoms with Crippen LogP contribution in [-0.2, 0) is 17.5 Å². The topological polar surface area (TPSA) is 70.1 Å². The lowest BCUT2D eigenvalue weighted by atomic mass is 9.96. The van der Waals surface area contributed by atoms with Gasteiger partial charge >= 0.3 is 12.1 Å². The first-order valence-corrected chi connectivity index (χ1v) is 14.0. The zero-order valence-electron chi connectivity index (χ0n) is 21.9. The predicted molar refractivity (Wildman–Crippen MR) is 140 cm³/mol. The van der Waals surface area contributed by atoms with Gasteiger partial charge in [-0.15, -0.1) is 0 Å². The molecule has 1 amide bonds. The molecule has 0 spiro atoms. The number of hydrogen-bond acceptors (Lipinski definition) is 4. The number of aliphatic carboxylic acids is 1. The Labute approximate surface area is 234 Å². The van der Waals surface area contributed by atoms with Gasteiger partial charge in [-0.05, 0) is 98.8 Å². The Bertz CT molecular complexity index is 1280. The largest absolute Gasteiger partial charge is 0.493 e. The molecule has 0 unspecified atom stereocenters. The van der Waals surface area contributed by atoms with Crippen molar-refractivity contribution in [3.8, 4) is 5.75 Å². The summed E-state index contributed by atoms with van der Waals surface area (Å²) in [6.45, 7) is 1.94. The highest BCUT2D eigenvalue weighted by atomic mass is 35.5. The van der Waals surface area contributed by atoms with Crippen LogP contribution in [0.5, 0.6) is 5.75 Å². The Balaban J connectivity index is 1.21. The van der Waals surface area contributed by atoms with Crippen LogP contribution in [0.2, 0.25) is 5.02 Å². The molecule has 2 heterocycles. The second-order valence-electron chi connectivity index (χ2n) is 11.0. The van der Waals surface area contributed by atoms with Crippen LogP contribution in [0.4, 0.5) is 17.6 Å². The molecule has 1 N–H and O–H groups in total. The fourth-order valence-corrected chi connectivity index (χ4v) is 5.92. The van der Waals surface area contributed by atoms with E-state index in [0.29, 0.717) is 51.1 Å². The summed E-state index contributed by atoms with van der Waals surface area (Å²) >= 11 is 5.96. The van der Waals surface area contributed by atoms with Gasteiger partial charge in [-0.25, -0.2) is 9.18 Å². The first-order chi connectivity index (χ1) is 19.0. The number of carbonyl (C=O) groups excluding carboxylic acids is 1. The number of likely N-dealkylation sites (tertiary alicyclic amines) is 2. The molecule has 0 radical (unpaired) electrons. The number of rotatable bonds is 8. The average molecular weight is 583 g/mol. The van der Waals surface area contributed by atoms with Gasteiger partial charge in [0.05, 0.1) is 17.7 Å². The fraction of sp³-hybridized carbons (Fsp3) is 0.517. The van der Waals surface area contributed by atoms with E-state index >= 15 is 4.39 Å². The quantitative estimate of drug-likeness (QED) is 0.367. The van der Waals surface area contributed by atoms with Gasteiger partial charge in [0, 0.05) is 24.2 Å². The van der Waals surface area contributed by atoms with Gasteiger partial charge in [-0.1, -0.05) is 11.6 Å². The van der Waals surface area contributed by atoms with E-state index in [1.165, 1.54) is 29.2 Å². The minimum absolute atomic E-state index is 0.130. The summed E-state index contributed by atoms with van der Waals surface area (Å²) in [5.41, 5.74) is 0.100. The molecule has 2 aromatic rings. The van der Waals surface area contributed by atoms with E-state index in [2.05, 4.69) is 0 Å². The molecule has 0 bridgehead atoms. The number of carboxylic acids is 1. The maximum absolute atomic E-state index is 15.1. The molecule has 1 saturated carbocycles. The van der Waals surface area contributed by atoms with Crippen molar-refractivity contribution >= 4 is 23.5 Å². The predicted octanol–water partition coefficient (Wildman–Crippen LogP) is 6.36. The molecule has 5 rings (SSSR count). The third-order valence-electron chi connectivity index (χ3n) is 8.09. The summed E-state index contributed by atoms with van der Waals surface area (Å²) in [6.07, 6.45) is -0.315. The van der Waals surface area contributed by atoms with Gasteiger partial charge in [-0.3, -0.25) is 9.69 Å². The average Bonchev–Trinajstić information content (AvgIpc) is 3.61. The SMILES string of the molecule is O=C(O)[C@@H]1CCCN1C(=O)c1cc(C2CC2)c(OCC2CCN(Cc3cc(Cl)ccc3C(F)(F)F)CC2)cc1F. The molecule has 2 aromatic carbocycles. The maximum Gasteiger partial charge on any atom is 0.416 e. The number of benzene rings is 2. The molecule has 0 aromatic heterocycles. The van der Waals surface area contributed by atoms with Crippen LogP contribution in [-0.4, -0.2) is 59.1 Å². The number of carboxylic acid groups (broad SMARTS) is 1. The number of halogens is 5. The van der Waals surface area contributed by atoms with Crippen molar-refractivity contribution in [1.29, 1.82) is 0 Å². The fourth-order valence-electron chi connectivity index (χ4n) is 5.72. The monoisotopic (exact) mass is 582 g/mol. The number of amides is 1. The third-order valence-corrected chi connectivity index (χ3v) is 8.33. The normalized spacial score (nSPS) is 20.6. The molecule has 3 aliphatic rings. The Morgan fingerprint density at radius 2 is 1.75 bits per heavy atom. The van der Waals surface area contributed by atoms with Crippen LogP contribution in [0.15, 0.2) is 30.3 Å². The molecule has 3 fully saturated rings. The summed E-state index contributed by atoms with van der Waals surface area (Å²) in [5, 5.41) is 9.69. The second kappa shape index (κ2) is 11.6. The maximum atomic E-state index is 15.1. The van der Waals surface area contributed by atoms with Gasteiger partial charge < -0.3 is 14.7 Å².